The summed E-state index contributed by atoms with van der Waals surface area (Å²) in [6.07, 6.45) is 8.77. The molecule has 0 saturated heterocycles. The Hall–Kier alpha value is -3.02. The summed E-state index contributed by atoms with van der Waals surface area (Å²) in [6, 6.07) is 13.9. The lowest BCUT2D eigenvalue weighted by Gasteiger charge is -2.23. The number of pyridine rings is 1. The van der Waals surface area contributed by atoms with Gasteiger partial charge in [0, 0.05) is 30.9 Å². The molecule has 1 aromatic carbocycles. The minimum absolute atomic E-state index is 0.0654. The third-order valence-corrected chi connectivity index (χ3v) is 5.42. The van der Waals surface area contributed by atoms with Gasteiger partial charge in [0.2, 0.25) is 5.91 Å². The Kier molecular flexibility index (Phi) is 5.75. The molecule has 2 N–H and O–H groups in total. The molecule has 2 aromatic heterocycles. The van der Waals surface area contributed by atoms with Gasteiger partial charge in [0.25, 0.3) is 0 Å². The molecule has 1 amide bonds. The van der Waals surface area contributed by atoms with Crippen LogP contribution in [0.2, 0.25) is 0 Å². The van der Waals surface area contributed by atoms with Crippen LogP contribution in [0.3, 0.4) is 0 Å². The van der Waals surface area contributed by atoms with Crippen LogP contribution in [0, 0.1) is 5.92 Å². The highest BCUT2D eigenvalue weighted by atomic mass is 16.1. The van der Waals surface area contributed by atoms with Gasteiger partial charge in [-0.3, -0.25) is 14.9 Å². The number of hydrogen-bond acceptors (Lipinski definition) is 4. The predicted octanol–water partition coefficient (Wildman–Crippen LogP) is 3.50. The van der Waals surface area contributed by atoms with E-state index >= 15 is 0 Å². The number of benzene rings is 1. The fraction of sp³-hybridized carbons (Fsp3) is 0.364. The zero-order chi connectivity index (χ0) is 19.2. The Bertz CT molecular complexity index is 888. The number of aromatic nitrogens is 4. The number of hydrogen-bond donors (Lipinski definition) is 2. The predicted molar refractivity (Wildman–Crippen MR) is 107 cm³/mol. The Labute approximate surface area is 164 Å². The quantitative estimate of drug-likeness (QED) is 0.662. The van der Waals surface area contributed by atoms with Crippen molar-refractivity contribution in [2.75, 3.05) is 6.54 Å². The Morgan fingerprint density at radius 2 is 1.96 bits per heavy atom. The number of rotatable bonds is 7. The van der Waals surface area contributed by atoms with Crippen molar-refractivity contribution in [3.8, 4) is 11.4 Å². The van der Waals surface area contributed by atoms with Crippen molar-refractivity contribution < 1.29 is 4.79 Å². The summed E-state index contributed by atoms with van der Waals surface area (Å²) in [5.41, 5.74) is 1.99. The summed E-state index contributed by atoms with van der Waals surface area (Å²) in [6.45, 7) is 0.538. The van der Waals surface area contributed by atoms with E-state index in [0.29, 0.717) is 24.7 Å². The molecule has 144 valence electrons. The molecule has 1 unspecified atom stereocenters. The minimum Gasteiger partial charge on any atom is -0.355 e. The third-order valence-electron chi connectivity index (χ3n) is 5.42. The average Bonchev–Trinajstić information content (AvgIpc) is 3.42. The normalized spacial score (nSPS) is 15.4. The zero-order valence-electron chi connectivity index (χ0n) is 15.8. The lowest BCUT2D eigenvalue weighted by atomic mass is 9.84. The van der Waals surface area contributed by atoms with Crippen molar-refractivity contribution in [3.63, 3.8) is 0 Å². The molecule has 6 heteroatoms. The second-order valence-electron chi connectivity index (χ2n) is 7.32. The molecule has 0 radical (unpaired) electrons. The van der Waals surface area contributed by atoms with Gasteiger partial charge in [0.15, 0.2) is 5.82 Å². The lowest BCUT2D eigenvalue weighted by Crippen LogP contribution is -2.34. The second-order valence-corrected chi connectivity index (χ2v) is 7.32. The number of nitrogens with zero attached hydrogens (tertiary/aromatic N) is 3. The van der Waals surface area contributed by atoms with E-state index in [4.69, 9.17) is 0 Å². The summed E-state index contributed by atoms with van der Waals surface area (Å²) in [5, 5.41) is 10.3. The van der Waals surface area contributed by atoms with Crippen molar-refractivity contribution >= 4 is 5.91 Å². The van der Waals surface area contributed by atoms with E-state index in [1.165, 1.54) is 12.8 Å². The first kappa shape index (κ1) is 18.3. The van der Waals surface area contributed by atoms with Crippen LogP contribution >= 0.6 is 0 Å². The Balaban J connectivity index is 1.37. The van der Waals surface area contributed by atoms with Gasteiger partial charge in [-0.2, -0.15) is 5.10 Å². The minimum atomic E-state index is -0.0654. The van der Waals surface area contributed by atoms with Crippen LogP contribution in [0.5, 0.6) is 0 Å². The summed E-state index contributed by atoms with van der Waals surface area (Å²) >= 11 is 0. The van der Waals surface area contributed by atoms with Crippen LogP contribution in [0.1, 0.15) is 43.0 Å². The fourth-order valence-corrected chi connectivity index (χ4v) is 4.03. The summed E-state index contributed by atoms with van der Waals surface area (Å²) < 4.78 is 0. The van der Waals surface area contributed by atoms with Crippen molar-refractivity contribution in [3.05, 3.63) is 66.2 Å². The van der Waals surface area contributed by atoms with Gasteiger partial charge < -0.3 is 5.32 Å². The van der Waals surface area contributed by atoms with Gasteiger partial charge in [-0.1, -0.05) is 43.2 Å². The van der Waals surface area contributed by atoms with E-state index in [-0.39, 0.29) is 11.8 Å². The molecule has 1 aliphatic rings. The number of carbonyl (C=O) groups excluding carboxylic acids is 1. The number of amides is 1. The molecule has 28 heavy (non-hydrogen) atoms. The van der Waals surface area contributed by atoms with Crippen LogP contribution < -0.4 is 5.32 Å². The molecule has 1 aliphatic carbocycles. The number of aromatic amines is 1. The van der Waals surface area contributed by atoms with Crippen LogP contribution in [0.15, 0.2) is 54.9 Å². The van der Waals surface area contributed by atoms with Gasteiger partial charge in [-0.15, -0.1) is 0 Å². The highest BCUT2D eigenvalue weighted by Gasteiger charge is 2.31. The SMILES string of the molecule is O=C(NCCc1nc(-c2cccnc2)n[nH]1)C(c1ccccc1)C1CCCC1. The highest BCUT2D eigenvalue weighted by Crippen LogP contribution is 2.37. The molecule has 2 heterocycles. The van der Waals surface area contributed by atoms with Gasteiger partial charge in [0.1, 0.15) is 5.82 Å². The molecule has 3 aromatic rings. The van der Waals surface area contributed by atoms with Crippen LogP contribution in [0.25, 0.3) is 11.4 Å². The molecule has 6 nitrogen and oxygen atoms in total. The molecule has 4 rings (SSSR count). The van der Waals surface area contributed by atoms with Crippen molar-refractivity contribution in [2.45, 2.75) is 38.0 Å². The zero-order valence-corrected chi connectivity index (χ0v) is 15.8. The molecule has 1 saturated carbocycles. The molecular weight excluding hydrogens is 350 g/mol. The first-order chi connectivity index (χ1) is 13.8. The van der Waals surface area contributed by atoms with E-state index in [1.54, 1.807) is 12.4 Å². The first-order valence-electron chi connectivity index (χ1n) is 9.95. The van der Waals surface area contributed by atoms with Crippen molar-refractivity contribution in [1.29, 1.82) is 0 Å². The average molecular weight is 375 g/mol. The van der Waals surface area contributed by atoms with Crippen molar-refractivity contribution in [1.82, 2.24) is 25.5 Å². The van der Waals surface area contributed by atoms with Crippen LogP contribution in [0.4, 0.5) is 0 Å². The molecule has 0 spiro atoms. The monoisotopic (exact) mass is 375 g/mol. The number of carbonyl (C=O) groups is 1. The van der Waals surface area contributed by atoms with E-state index in [1.807, 2.05) is 30.3 Å². The summed E-state index contributed by atoms with van der Waals surface area (Å²) in [5.74, 6) is 1.87. The van der Waals surface area contributed by atoms with Gasteiger partial charge in [0.05, 0.1) is 5.92 Å². The highest BCUT2D eigenvalue weighted by molar-refractivity contribution is 5.84. The Morgan fingerprint density at radius 1 is 1.14 bits per heavy atom. The first-order valence-corrected chi connectivity index (χ1v) is 9.95. The smallest absolute Gasteiger partial charge is 0.227 e. The van der Waals surface area contributed by atoms with E-state index in [2.05, 4.69) is 37.6 Å². The molecule has 0 bridgehead atoms. The van der Waals surface area contributed by atoms with E-state index in [9.17, 15) is 4.79 Å². The molecule has 1 atom stereocenters. The Morgan fingerprint density at radius 3 is 2.71 bits per heavy atom. The van der Waals surface area contributed by atoms with Crippen LogP contribution in [-0.4, -0.2) is 32.6 Å². The number of nitrogens with one attached hydrogen (secondary N) is 2. The van der Waals surface area contributed by atoms with E-state index < -0.39 is 0 Å². The second kappa shape index (κ2) is 8.78. The maximum atomic E-state index is 13.0. The summed E-state index contributed by atoms with van der Waals surface area (Å²) in [4.78, 5) is 21.6. The number of H-pyrrole nitrogens is 1. The van der Waals surface area contributed by atoms with E-state index in [0.717, 1.165) is 29.8 Å². The van der Waals surface area contributed by atoms with Gasteiger partial charge in [-0.05, 0) is 36.5 Å². The van der Waals surface area contributed by atoms with Gasteiger partial charge >= 0.3 is 0 Å². The van der Waals surface area contributed by atoms with Gasteiger partial charge in [-0.25, -0.2) is 4.98 Å². The maximum Gasteiger partial charge on any atom is 0.227 e. The maximum absolute atomic E-state index is 13.0. The molecular formula is C22H25N5O. The standard InChI is InChI=1S/C22H25N5O/c28-22(20(17-9-4-5-10-17)16-7-2-1-3-8-16)24-14-12-19-25-21(27-26-19)18-11-6-13-23-15-18/h1-3,6-8,11,13,15,17,20H,4-5,9-10,12,14H2,(H,24,28)(H,25,26,27). The topological polar surface area (TPSA) is 83.6 Å². The largest absolute Gasteiger partial charge is 0.355 e. The fourth-order valence-electron chi connectivity index (χ4n) is 4.03. The summed E-state index contributed by atoms with van der Waals surface area (Å²) in [7, 11) is 0. The van der Waals surface area contributed by atoms with Crippen molar-refractivity contribution in [2.24, 2.45) is 5.92 Å². The molecule has 1 fully saturated rings. The van der Waals surface area contributed by atoms with Crippen LogP contribution in [-0.2, 0) is 11.2 Å². The lowest BCUT2D eigenvalue weighted by molar-refractivity contribution is -0.123. The molecule has 0 aliphatic heterocycles. The third kappa shape index (κ3) is 4.27.